The molecule has 146 valence electrons. The van der Waals surface area contributed by atoms with Crippen LogP contribution in [0.5, 0.6) is 5.75 Å². The molecule has 0 aliphatic rings. The molecule has 0 fully saturated rings. The highest BCUT2D eigenvalue weighted by Crippen LogP contribution is 2.20. The molecule has 1 N–H and O–H groups in total. The van der Waals surface area contributed by atoms with E-state index < -0.39 is 5.97 Å². The molecular formula is C21H28N2O4. The zero-order chi connectivity index (χ0) is 20.0. The number of aromatic amines is 1. The number of H-pyrrole nitrogens is 1. The predicted octanol–water partition coefficient (Wildman–Crippen LogP) is 3.52. The van der Waals surface area contributed by atoms with E-state index in [2.05, 4.69) is 4.98 Å². The Morgan fingerprint density at radius 2 is 1.74 bits per heavy atom. The third-order valence-electron chi connectivity index (χ3n) is 4.30. The average molecular weight is 372 g/mol. The molecular weight excluding hydrogens is 344 g/mol. The Labute approximate surface area is 160 Å². The van der Waals surface area contributed by atoms with Crippen LogP contribution < -0.4 is 4.74 Å². The highest BCUT2D eigenvalue weighted by atomic mass is 16.5. The third kappa shape index (κ3) is 5.20. The highest BCUT2D eigenvalue weighted by Gasteiger charge is 2.23. The fraction of sp³-hybridized carbons (Fsp3) is 0.429. The Hall–Kier alpha value is -2.60. The summed E-state index contributed by atoms with van der Waals surface area (Å²) in [4.78, 5) is 29.8. The van der Waals surface area contributed by atoms with Crippen molar-refractivity contribution < 1.29 is 19.1 Å². The first kappa shape index (κ1) is 20.7. The number of hydrogen-bond acceptors (Lipinski definition) is 5. The van der Waals surface area contributed by atoms with E-state index in [0.29, 0.717) is 42.3 Å². The molecule has 0 saturated heterocycles. The van der Waals surface area contributed by atoms with E-state index in [9.17, 15) is 9.59 Å². The lowest BCUT2D eigenvalue weighted by Gasteiger charge is -2.16. The molecule has 2 aromatic rings. The van der Waals surface area contributed by atoms with Crippen molar-refractivity contribution in [1.82, 2.24) is 9.88 Å². The van der Waals surface area contributed by atoms with Gasteiger partial charge in [0, 0.05) is 12.2 Å². The zero-order valence-electron chi connectivity index (χ0n) is 16.7. The molecule has 0 aliphatic carbocycles. The van der Waals surface area contributed by atoms with Crippen molar-refractivity contribution in [1.29, 1.82) is 0 Å². The third-order valence-corrected chi connectivity index (χ3v) is 4.30. The van der Waals surface area contributed by atoms with E-state index >= 15 is 0 Å². The maximum atomic E-state index is 12.7. The summed E-state index contributed by atoms with van der Waals surface area (Å²) in [5.41, 5.74) is 3.32. The number of esters is 1. The fourth-order valence-corrected chi connectivity index (χ4v) is 3.09. The molecule has 1 aromatic heterocycles. The van der Waals surface area contributed by atoms with Gasteiger partial charge in [0.05, 0.1) is 31.0 Å². The van der Waals surface area contributed by atoms with E-state index in [-0.39, 0.29) is 12.3 Å². The van der Waals surface area contributed by atoms with Gasteiger partial charge in [-0.3, -0.25) is 9.69 Å². The van der Waals surface area contributed by atoms with Gasteiger partial charge in [-0.05, 0) is 58.0 Å². The standard InChI is InChI=1S/C21H28N2O4/c1-6-26-17-10-8-16(9-11-17)12-23(5)13-18(24)20-14(3)19(15(4)22-20)21(25)27-7-2/h8-11,22H,6-7,12-13H2,1-5H3. The monoisotopic (exact) mass is 372 g/mol. The van der Waals surface area contributed by atoms with Crippen LogP contribution in [0.25, 0.3) is 0 Å². The Kier molecular flexibility index (Phi) is 7.19. The number of likely N-dealkylation sites (N-methyl/N-ethyl adjacent to an activating group) is 1. The maximum Gasteiger partial charge on any atom is 0.340 e. The number of hydrogen-bond donors (Lipinski definition) is 1. The van der Waals surface area contributed by atoms with Gasteiger partial charge in [-0.15, -0.1) is 0 Å². The maximum absolute atomic E-state index is 12.7. The van der Waals surface area contributed by atoms with Crippen LogP contribution in [0.4, 0.5) is 0 Å². The van der Waals surface area contributed by atoms with Gasteiger partial charge < -0.3 is 14.5 Å². The SMILES string of the molecule is CCOC(=O)c1c(C)[nH]c(C(=O)CN(C)Cc2ccc(OCC)cc2)c1C. The summed E-state index contributed by atoms with van der Waals surface area (Å²) in [7, 11) is 1.89. The Morgan fingerprint density at radius 3 is 2.33 bits per heavy atom. The van der Waals surface area contributed by atoms with Gasteiger partial charge in [-0.2, -0.15) is 0 Å². The lowest BCUT2D eigenvalue weighted by molar-refractivity contribution is 0.0525. The second-order valence-corrected chi connectivity index (χ2v) is 6.52. The Bertz CT molecular complexity index is 793. The minimum absolute atomic E-state index is 0.0559. The number of rotatable bonds is 9. The van der Waals surface area contributed by atoms with E-state index in [1.54, 1.807) is 20.8 Å². The topological polar surface area (TPSA) is 71.6 Å². The summed E-state index contributed by atoms with van der Waals surface area (Å²) < 4.78 is 10.5. The number of ether oxygens (including phenoxy) is 2. The largest absolute Gasteiger partial charge is 0.494 e. The molecule has 6 nitrogen and oxygen atoms in total. The number of benzene rings is 1. The minimum atomic E-state index is -0.398. The Morgan fingerprint density at radius 1 is 1.07 bits per heavy atom. The number of carbonyl (C=O) groups is 2. The van der Waals surface area contributed by atoms with Crippen LogP contribution in [0, 0.1) is 13.8 Å². The summed E-state index contributed by atoms with van der Waals surface area (Å²) in [6, 6.07) is 7.85. The summed E-state index contributed by atoms with van der Waals surface area (Å²) >= 11 is 0. The van der Waals surface area contributed by atoms with Gasteiger partial charge in [0.25, 0.3) is 0 Å². The zero-order valence-corrected chi connectivity index (χ0v) is 16.7. The van der Waals surface area contributed by atoms with Gasteiger partial charge in [0.2, 0.25) is 0 Å². The molecule has 6 heteroatoms. The quantitative estimate of drug-likeness (QED) is 0.539. The Balaban J connectivity index is 2.04. The molecule has 2 rings (SSSR count). The molecule has 1 heterocycles. The van der Waals surface area contributed by atoms with E-state index in [1.165, 1.54) is 0 Å². The van der Waals surface area contributed by atoms with Gasteiger partial charge in [-0.1, -0.05) is 12.1 Å². The van der Waals surface area contributed by atoms with Crippen molar-refractivity contribution in [3.05, 3.63) is 52.3 Å². The molecule has 0 amide bonds. The average Bonchev–Trinajstić information content (AvgIpc) is 2.91. The lowest BCUT2D eigenvalue weighted by atomic mass is 10.1. The number of nitrogens with zero attached hydrogens (tertiary/aromatic N) is 1. The summed E-state index contributed by atoms with van der Waals surface area (Å²) in [5.74, 6) is 0.383. The lowest BCUT2D eigenvalue weighted by Crippen LogP contribution is -2.26. The van der Waals surface area contributed by atoms with Crippen LogP contribution >= 0.6 is 0 Å². The number of nitrogens with one attached hydrogen (secondary N) is 1. The number of ketones is 1. The van der Waals surface area contributed by atoms with Gasteiger partial charge in [-0.25, -0.2) is 4.79 Å². The molecule has 0 saturated carbocycles. The van der Waals surface area contributed by atoms with Crippen LogP contribution in [-0.4, -0.2) is 48.4 Å². The number of aryl methyl sites for hydroxylation is 1. The van der Waals surface area contributed by atoms with Crippen molar-refractivity contribution in [2.24, 2.45) is 0 Å². The molecule has 0 radical (unpaired) electrons. The van der Waals surface area contributed by atoms with Crippen LogP contribution in [0.1, 0.15) is 51.5 Å². The van der Waals surface area contributed by atoms with E-state index in [4.69, 9.17) is 9.47 Å². The van der Waals surface area contributed by atoms with Crippen LogP contribution in [0.15, 0.2) is 24.3 Å². The summed E-state index contributed by atoms with van der Waals surface area (Å²) in [5, 5.41) is 0. The minimum Gasteiger partial charge on any atom is -0.494 e. The smallest absolute Gasteiger partial charge is 0.340 e. The number of aromatic nitrogens is 1. The highest BCUT2D eigenvalue weighted by molar-refractivity contribution is 6.02. The van der Waals surface area contributed by atoms with Crippen molar-refractivity contribution in [3.8, 4) is 5.75 Å². The number of Topliss-reactive ketones (excluding diaryl/α,β-unsaturated/α-hetero) is 1. The molecule has 0 spiro atoms. The van der Waals surface area contributed by atoms with Gasteiger partial charge >= 0.3 is 5.97 Å². The van der Waals surface area contributed by atoms with Crippen LogP contribution in [-0.2, 0) is 11.3 Å². The normalized spacial score (nSPS) is 10.9. The number of carbonyl (C=O) groups excluding carboxylic acids is 2. The van der Waals surface area contributed by atoms with Crippen molar-refractivity contribution in [3.63, 3.8) is 0 Å². The molecule has 1 aromatic carbocycles. The second-order valence-electron chi connectivity index (χ2n) is 6.52. The molecule has 0 bridgehead atoms. The first-order chi connectivity index (χ1) is 12.9. The molecule has 0 aliphatic heterocycles. The van der Waals surface area contributed by atoms with Crippen molar-refractivity contribution >= 4 is 11.8 Å². The first-order valence-electron chi connectivity index (χ1n) is 9.17. The van der Waals surface area contributed by atoms with Crippen LogP contribution in [0.3, 0.4) is 0 Å². The predicted molar refractivity (Wildman–Crippen MR) is 104 cm³/mol. The van der Waals surface area contributed by atoms with Gasteiger partial charge in [0.15, 0.2) is 5.78 Å². The van der Waals surface area contributed by atoms with Crippen molar-refractivity contribution in [2.45, 2.75) is 34.2 Å². The molecule has 0 unspecified atom stereocenters. The molecule has 0 atom stereocenters. The van der Waals surface area contributed by atoms with E-state index in [1.807, 2.05) is 43.1 Å². The summed E-state index contributed by atoms with van der Waals surface area (Å²) in [6.07, 6.45) is 0. The van der Waals surface area contributed by atoms with Crippen molar-refractivity contribution in [2.75, 3.05) is 26.8 Å². The first-order valence-corrected chi connectivity index (χ1v) is 9.17. The second kappa shape index (κ2) is 9.37. The van der Waals surface area contributed by atoms with Gasteiger partial charge in [0.1, 0.15) is 5.75 Å². The molecule has 27 heavy (non-hydrogen) atoms. The van der Waals surface area contributed by atoms with E-state index in [0.717, 1.165) is 11.3 Å². The summed E-state index contributed by atoms with van der Waals surface area (Å²) in [6.45, 7) is 9.09. The van der Waals surface area contributed by atoms with Crippen LogP contribution in [0.2, 0.25) is 0 Å². The fourth-order valence-electron chi connectivity index (χ4n) is 3.09.